The SMILES string of the molecule is O=C1CCC(N2Cc3cccc(OCc4cn(-c5ccc(Cl)c(Cl)c5)nn4)c3C2)C(=O)N1. The normalized spacial score (nSPS) is 18.5. The maximum Gasteiger partial charge on any atom is 0.243 e. The Balaban J connectivity index is 1.27. The number of benzene rings is 2. The predicted octanol–water partition coefficient (Wildman–Crippen LogP) is 3.27. The van der Waals surface area contributed by atoms with E-state index < -0.39 is 0 Å². The molecule has 0 saturated carbocycles. The van der Waals surface area contributed by atoms with Gasteiger partial charge in [-0.2, -0.15) is 0 Å². The van der Waals surface area contributed by atoms with Crippen LogP contribution in [0.2, 0.25) is 10.0 Å². The minimum Gasteiger partial charge on any atom is -0.487 e. The maximum atomic E-state index is 12.3. The molecule has 5 rings (SSSR count). The number of nitrogens with one attached hydrogen (secondary N) is 1. The third-order valence-corrected chi connectivity index (χ3v) is 6.44. The number of rotatable bonds is 5. The Morgan fingerprint density at radius 1 is 1.12 bits per heavy atom. The van der Waals surface area contributed by atoms with Crippen molar-refractivity contribution in [3.63, 3.8) is 0 Å². The Bertz CT molecular complexity index is 1210. The van der Waals surface area contributed by atoms with Crippen LogP contribution in [0, 0.1) is 0 Å². The summed E-state index contributed by atoms with van der Waals surface area (Å²) in [5, 5.41) is 11.7. The lowest BCUT2D eigenvalue weighted by Gasteiger charge is -2.29. The van der Waals surface area contributed by atoms with Crippen molar-refractivity contribution < 1.29 is 14.3 Å². The van der Waals surface area contributed by atoms with E-state index in [1.165, 1.54) is 0 Å². The van der Waals surface area contributed by atoms with Gasteiger partial charge < -0.3 is 4.74 Å². The fraction of sp³-hybridized carbons (Fsp3) is 0.273. The lowest BCUT2D eigenvalue weighted by atomic mass is 10.0. The smallest absolute Gasteiger partial charge is 0.243 e. The van der Waals surface area contributed by atoms with Crippen LogP contribution < -0.4 is 10.1 Å². The van der Waals surface area contributed by atoms with Crippen LogP contribution in [-0.2, 0) is 29.3 Å². The highest BCUT2D eigenvalue weighted by atomic mass is 35.5. The van der Waals surface area contributed by atoms with Gasteiger partial charge in [0.15, 0.2) is 0 Å². The molecule has 8 nitrogen and oxygen atoms in total. The molecule has 164 valence electrons. The highest BCUT2D eigenvalue weighted by Crippen LogP contribution is 2.34. The van der Waals surface area contributed by atoms with Gasteiger partial charge >= 0.3 is 0 Å². The van der Waals surface area contributed by atoms with Gasteiger partial charge in [-0.15, -0.1) is 5.10 Å². The molecule has 10 heteroatoms. The van der Waals surface area contributed by atoms with E-state index in [4.69, 9.17) is 27.9 Å². The molecule has 2 aromatic carbocycles. The van der Waals surface area contributed by atoms with Crippen LogP contribution in [0.15, 0.2) is 42.6 Å². The predicted molar refractivity (Wildman–Crippen MR) is 118 cm³/mol. The zero-order valence-corrected chi connectivity index (χ0v) is 18.4. The summed E-state index contributed by atoms with van der Waals surface area (Å²) in [5.41, 5.74) is 3.58. The molecule has 1 fully saturated rings. The van der Waals surface area contributed by atoms with Crippen LogP contribution in [-0.4, -0.2) is 37.7 Å². The molecule has 0 aliphatic carbocycles. The van der Waals surface area contributed by atoms with Gasteiger partial charge in [0, 0.05) is 25.1 Å². The molecule has 2 aliphatic heterocycles. The lowest BCUT2D eigenvalue weighted by molar-refractivity contribution is -0.137. The van der Waals surface area contributed by atoms with Gasteiger partial charge in [0.25, 0.3) is 0 Å². The Morgan fingerprint density at radius 2 is 2.00 bits per heavy atom. The van der Waals surface area contributed by atoms with Crippen molar-refractivity contribution in [3.05, 3.63) is 69.5 Å². The number of carbonyl (C=O) groups excluding carboxylic acids is 2. The van der Waals surface area contributed by atoms with Gasteiger partial charge in [0.05, 0.1) is 28.0 Å². The summed E-state index contributed by atoms with van der Waals surface area (Å²) in [7, 11) is 0. The molecule has 1 aromatic heterocycles. The van der Waals surface area contributed by atoms with E-state index in [9.17, 15) is 9.59 Å². The summed E-state index contributed by atoms with van der Waals surface area (Å²) in [6.07, 6.45) is 2.67. The molecule has 1 saturated heterocycles. The first kappa shape index (κ1) is 20.9. The van der Waals surface area contributed by atoms with E-state index in [1.54, 1.807) is 29.1 Å². The first-order valence-electron chi connectivity index (χ1n) is 10.2. The number of nitrogens with zero attached hydrogens (tertiary/aromatic N) is 4. The Hall–Kier alpha value is -2.94. The van der Waals surface area contributed by atoms with E-state index in [2.05, 4.69) is 20.5 Å². The summed E-state index contributed by atoms with van der Waals surface area (Å²) in [6.45, 7) is 1.48. The van der Waals surface area contributed by atoms with Crippen molar-refractivity contribution in [2.45, 2.75) is 38.6 Å². The van der Waals surface area contributed by atoms with Crippen LogP contribution >= 0.6 is 23.2 Å². The van der Waals surface area contributed by atoms with Crippen LogP contribution in [0.4, 0.5) is 0 Å². The second kappa shape index (κ2) is 8.54. The quantitative estimate of drug-likeness (QED) is 0.574. The Kier molecular flexibility index (Phi) is 5.58. The minimum absolute atomic E-state index is 0.207. The molecular weight excluding hydrogens is 453 g/mol. The number of aromatic nitrogens is 3. The largest absolute Gasteiger partial charge is 0.487 e. The van der Waals surface area contributed by atoms with Crippen molar-refractivity contribution in [2.75, 3.05) is 0 Å². The number of ether oxygens (including phenoxy) is 1. The van der Waals surface area contributed by atoms with E-state index in [1.807, 2.05) is 18.2 Å². The van der Waals surface area contributed by atoms with Crippen LogP contribution in [0.25, 0.3) is 5.69 Å². The molecule has 0 spiro atoms. The number of fused-ring (bicyclic) bond motifs is 1. The minimum atomic E-state index is -0.306. The molecule has 2 amide bonds. The number of carbonyl (C=O) groups is 2. The molecular formula is C22H19Cl2N5O3. The molecule has 32 heavy (non-hydrogen) atoms. The van der Waals surface area contributed by atoms with E-state index in [-0.39, 0.29) is 24.5 Å². The monoisotopic (exact) mass is 471 g/mol. The summed E-state index contributed by atoms with van der Waals surface area (Å²) in [6, 6.07) is 10.8. The Labute approximate surface area is 194 Å². The van der Waals surface area contributed by atoms with Gasteiger partial charge in [-0.1, -0.05) is 40.5 Å². The number of amides is 2. The average Bonchev–Trinajstić information content (AvgIpc) is 3.41. The second-order valence-electron chi connectivity index (χ2n) is 7.81. The number of hydrogen-bond acceptors (Lipinski definition) is 6. The van der Waals surface area contributed by atoms with Gasteiger partial charge in [-0.3, -0.25) is 19.8 Å². The van der Waals surface area contributed by atoms with Crippen molar-refractivity contribution >= 4 is 35.0 Å². The number of hydrogen-bond donors (Lipinski definition) is 1. The van der Waals surface area contributed by atoms with Crippen molar-refractivity contribution in [1.29, 1.82) is 0 Å². The first-order valence-corrected chi connectivity index (χ1v) is 10.9. The summed E-state index contributed by atoms with van der Waals surface area (Å²) >= 11 is 12.1. The van der Waals surface area contributed by atoms with E-state index in [0.717, 1.165) is 22.6 Å². The van der Waals surface area contributed by atoms with Gasteiger partial charge in [-0.05, 0) is 36.2 Å². The molecule has 1 N–H and O–H groups in total. The Morgan fingerprint density at radius 3 is 2.81 bits per heavy atom. The summed E-state index contributed by atoms with van der Waals surface area (Å²) in [4.78, 5) is 25.8. The third-order valence-electron chi connectivity index (χ3n) is 5.70. The van der Waals surface area contributed by atoms with Gasteiger partial charge in [0.1, 0.15) is 18.1 Å². The van der Waals surface area contributed by atoms with E-state index >= 15 is 0 Å². The number of piperidine rings is 1. The topological polar surface area (TPSA) is 89.3 Å². The first-order chi connectivity index (χ1) is 15.5. The fourth-order valence-electron chi connectivity index (χ4n) is 4.07. The zero-order valence-electron chi connectivity index (χ0n) is 16.9. The van der Waals surface area contributed by atoms with Gasteiger partial charge in [-0.25, -0.2) is 4.68 Å². The van der Waals surface area contributed by atoms with Crippen molar-refractivity contribution in [3.8, 4) is 11.4 Å². The number of halogens is 2. The second-order valence-corrected chi connectivity index (χ2v) is 8.62. The van der Waals surface area contributed by atoms with Crippen molar-refractivity contribution in [1.82, 2.24) is 25.2 Å². The molecule has 0 radical (unpaired) electrons. The molecule has 3 heterocycles. The van der Waals surface area contributed by atoms with Gasteiger partial charge in [0.2, 0.25) is 11.8 Å². The zero-order chi connectivity index (χ0) is 22.2. The molecule has 2 aliphatic rings. The highest BCUT2D eigenvalue weighted by Gasteiger charge is 2.35. The highest BCUT2D eigenvalue weighted by molar-refractivity contribution is 6.42. The maximum absolute atomic E-state index is 12.3. The lowest BCUT2D eigenvalue weighted by Crippen LogP contribution is -2.50. The summed E-state index contributed by atoms with van der Waals surface area (Å²) < 4.78 is 7.67. The average molecular weight is 472 g/mol. The number of imide groups is 1. The molecule has 0 bridgehead atoms. The fourth-order valence-corrected chi connectivity index (χ4v) is 4.36. The van der Waals surface area contributed by atoms with E-state index in [0.29, 0.717) is 41.7 Å². The van der Waals surface area contributed by atoms with Crippen LogP contribution in [0.5, 0.6) is 5.75 Å². The molecule has 1 unspecified atom stereocenters. The molecule has 3 aromatic rings. The summed E-state index contributed by atoms with van der Waals surface area (Å²) in [5.74, 6) is 0.317. The third kappa shape index (κ3) is 4.09. The van der Waals surface area contributed by atoms with Crippen molar-refractivity contribution in [2.24, 2.45) is 0 Å². The van der Waals surface area contributed by atoms with Crippen LogP contribution in [0.1, 0.15) is 29.7 Å². The van der Waals surface area contributed by atoms with Crippen LogP contribution in [0.3, 0.4) is 0 Å². The molecule has 1 atom stereocenters. The standard InChI is InChI=1S/C22H19Cl2N5O3/c23-17-5-4-15(8-18(17)24)29-10-14(26-27-29)12-32-20-3-1-2-13-9-28(11-16(13)20)19-6-7-21(30)25-22(19)31/h1-5,8,10,19H,6-7,9,11-12H2,(H,25,30,31).